The molecule has 0 aliphatic rings. The minimum absolute atomic E-state index is 0.138. The van der Waals surface area contributed by atoms with Crippen LogP contribution in [0.25, 0.3) is 0 Å². The maximum absolute atomic E-state index is 12.3. The number of nitrogens with one attached hydrogen (secondary N) is 1. The third-order valence-electron chi connectivity index (χ3n) is 3.87. The SMILES string of the molecule is COC(=O)c1ccc(C(=O)NC(C)c2ccc(C(C)C)cc2)nc1. The molecule has 0 fully saturated rings. The highest BCUT2D eigenvalue weighted by Gasteiger charge is 2.14. The van der Waals surface area contributed by atoms with Crippen LogP contribution < -0.4 is 5.32 Å². The molecule has 0 saturated heterocycles. The average molecular weight is 326 g/mol. The van der Waals surface area contributed by atoms with Gasteiger partial charge in [0.1, 0.15) is 5.69 Å². The first-order valence-corrected chi connectivity index (χ1v) is 7.87. The van der Waals surface area contributed by atoms with E-state index in [0.29, 0.717) is 11.5 Å². The van der Waals surface area contributed by atoms with Crippen molar-refractivity contribution in [1.29, 1.82) is 0 Å². The van der Waals surface area contributed by atoms with Crippen LogP contribution >= 0.6 is 0 Å². The standard InChI is InChI=1S/C19H22N2O3/c1-12(2)14-5-7-15(8-6-14)13(3)21-18(22)17-10-9-16(11-20-17)19(23)24-4/h5-13H,1-4H3,(H,21,22). The second-order valence-electron chi connectivity index (χ2n) is 5.94. The fraction of sp³-hybridized carbons (Fsp3) is 0.316. The summed E-state index contributed by atoms with van der Waals surface area (Å²) < 4.78 is 4.61. The molecule has 1 heterocycles. The van der Waals surface area contributed by atoms with Crippen LogP contribution in [0.4, 0.5) is 0 Å². The number of pyridine rings is 1. The van der Waals surface area contributed by atoms with E-state index >= 15 is 0 Å². The van der Waals surface area contributed by atoms with E-state index < -0.39 is 5.97 Å². The lowest BCUT2D eigenvalue weighted by molar-refractivity contribution is 0.0599. The van der Waals surface area contributed by atoms with E-state index in [4.69, 9.17) is 0 Å². The summed E-state index contributed by atoms with van der Waals surface area (Å²) in [5, 5.41) is 2.91. The van der Waals surface area contributed by atoms with Gasteiger partial charge < -0.3 is 10.1 Å². The van der Waals surface area contributed by atoms with Crippen LogP contribution in [-0.2, 0) is 4.74 Å². The predicted molar refractivity (Wildman–Crippen MR) is 92.0 cm³/mol. The smallest absolute Gasteiger partial charge is 0.339 e. The maximum Gasteiger partial charge on any atom is 0.339 e. The summed E-state index contributed by atoms with van der Waals surface area (Å²) in [5.74, 6) is -0.290. The number of carbonyl (C=O) groups is 2. The zero-order chi connectivity index (χ0) is 17.7. The lowest BCUT2D eigenvalue weighted by atomic mass is 9.99. The Kier molecular flexibility index (Phi) is 5.68. The van der Waals surface area contributed by atoms with Gasteiger partial charge in [-0.1, -0.05) is 38.1 Å². The quantitative estimate of drug-likeness (QED) is 0.854. The summed E-state index contributed by atoms with van der Waals surface area (Å²) in [6.45, 7) is 6.21. The minimum atomic E-state index is -0.479. The third-order valence-corrected chi connectivity index (χ3v) is 3.87. The lowest BCUT2D eigenvalue weighted by Crippen LogP contribution is -2.27. The zero-order valence-electron chi connectivity index (χ0n) is 14.4. The van der Waals surface area contributed by atoms with Crippen LogP contribution in [0.5, 0.6) is 0 Å². The molecular formula is C19H22N2O3. The van der Waals surface area contributed by atoms with Gasteiger partial charge in [-0.25, -0.2) is 4.79 Å². The molecule has 5 nitrogen and oxygen atoms in total. The van der Waals surface area contributed by atoms with Crippen molar-refractivity contribution in [2.24, 2.45) is 0 Å². The molecule has 0 spiro atoms. The molecule has 24 heavy (non-hydrogen) atoms. The molecule has 1 aromatic carbocycles. The predicted octanol–water partition coefficient (Wildman–Crippen LogP) is 3.48. The Balaban J connectivity index is 2.04. The molecule has 1 atom stereocenters. The van der Waals surface area contributed by atoms with Gasteiger partial charge in [0.15, 0.2) is 0 Å². The Morgan fingerprint density at radius 3 is 2.12 bits per heavy atom. The molecule has 2 rings (SSSR count). The number of ether oxygens (including phenoxy) is 1. The summed E-state index contributed by atoms with van der Waals surface area (Å²) in [6.07, 6.45) is 1.34. The van der Waals surface area contributed by atoms with E-state index in [1.807, 2.05) is 19.1 Å². The van der Waals surface area contributed by atoms with Crippen molar-refractivity contribution in [3.8, 4) is 0 Å². The zero-order valence-corrected chi connectivity index (χ0v) is 14.4. The topological polar surface area (TPSA) is 68.3 Å². The van der Waals surface area contributed by atoms with Crippen molar-refractivity contribution < 1.29 is 14.3 Å². The molecule has 1 unspecified atom stereocenters. The van der Waals surface area contributed by atoms with Gasteiger partial charge in [-0.05, 0) is 36.1 Å². The fourth-order valence-electron chi connectivity index (χ4n) is 2.29. The van der Waals surface area contributed by atoms with Gasteiger partial charge in [-0.3, -0.25) is 9.78 Å². The van der Waals surface area contributed by atoms with Gasteiger partial charge in [-0.15, -0.1) is 0 Å². The lowest BCUT2D eigenvalue weighted by Gasteiger charge is -2.15. The van der Waals surface area contributed by atoms with Crippen molar-refractivity contribution in [3.63, 3.8) is 0 Å². The van der Waals surface area contributed by atoms with Crippen LogP contribution in [0, 0.1) is 0 Å². The Hall–Kier alpha value is -2.69. The third kappa shape index (κ3) is 4.19. The van der Waals surface area contributed by atoms with Crippen molar-refractivity contribution in [1.82, 2.24) is 10.3 Å². The number of amides is 1. The van der Waals surface area contributed by atoms with Gasteiger partial charge in [-0.2, -0.15) is 0 Å². The Morgan fingerprint density at radius 2 is 1.62 bits per heavy atom. The molecule has 126 valence electrons. The fourth-order valence-corrected chi connectivity index (χ4v) is 2.29. The number of carbonyl (C=O) groups excluding carboxylic acids is 2. The molecule has 1 N–H and O–H groups in total. The molecule has 0 saturated carbocycles. The molecule has 0 radical (unpaired) electrons. The number of aromatic nitrogens is 1. The van der Waals surface area contributed by atoms with Crippen molar-refractivity contribution in [2.45, 2.75) is 32.7 Å². The number of benzene rings is 1. The van der Waals surface area contributed by atoms with E-state index in [-0.39, 0.29) is 17.6 Å². The largest absolute Gasteiger partial charge is 0.465 e. The molecule has 0 bridgehead atoms. The first-order chi connectivity index (χ1) is 11.4. The number of esters is 1. The second-order valence-corrected chi connectivity index (χ2v) is 5.94. The number of hydrogen-bond donors (Lipinski definition) is 1. The van der Waals surface area contributed by atoms with Crippen LogP contribution in [0.15, 0.2) is 42.6 Å². The minimum Gasteiger partial charge on any atom is -0.465 e. The number of hydrogen-bond acceptors (Lipinski definition) is 4. The van der Waals surface area contributed by atoms with Gasteiger partial charge in [0.25, 0.3) is 5.91 Å². The van der Waals surface area contributed by atoms with Gasteiger partial charge in [0, 0.05) is 6.20 Å². The van der Waals surface area contributed by atoms with E-state index in [1.54, 1.807) is 0 Å². The summed E-state index contributed by atoms with van der Waals surface area (Å²) >= 11 is 0. The molecule has 0 aliphatic heterocycles. The highest BCUT2D eigenvalue weighted by atomic mass is 16.5. The Labute approximate surface area is 142 Å². The molecule has 0 aliphatic carbocycles. The van der Waals surface area contributed by atoms with Crippen LogP contribution in [-0.4, -0.2) is 24.0 Å². The molecule has 2 aromatic rings. The molecular weight excluding hydrogens is 304 g/mol. The summed E-state index contributed by atoms with van der Waals surface area (Å²) in [5.41, 5.74) is 2.86. The van der Waals surface area contributed by atoms with Gasteiger partial charge >= 0.3 is 5.97 Å². The second kappa shape index (κ2) is 7.73. The van der Waals surface area contributed by atoms with E-state index in [1.165, 1.54) is 31.0 Å². The Bertz CT molecular complexity index is 706. The summed E-state index contributed by atoms with van der Waals surface area (Å²) in [4.78, 5) is 27.7. The monoisotopic (exact) mass is 326 g/mol. The maximum atomic E-state index is 12.3. The normalized spacial score (nSPS) is 11.9. The van der Waals surface area contributed by atoms with Gasteiger partial charge in [0.05, 0.1) is 18.7 Å². The Morgan fingerprint density at radius 1 is 1.00 bits per heavy atom. The van der Waals surface area contributed by atoms with Crippen molar-refractivity contribution >= 4 is 11.9 Å². The molecule has 1 amide bonds. The van der Waals surface area contributed by atoms with E-state index in [9.17, 15) is 9.59 Å². The van der Waals surface area contributed by atoms with Crippen LogP contribution in [0.1, 0.15) is 64.7 Å². The summed E-state index contributed by atoms with van der Waals surface area (Å²) in [6, 6.07) is 11.1. The van der Waals surface area contributed by atoms with Crippen molar-refractivity contribution in [2.75, 3.05) is 7.11 Å². The highest BCUT2D eigenvalue weighted by Crippen LogP contribution is 2.18. The van der Waals surface area contributed by atoms with Crippen LogP contribution in [0.2, 0.25) is 0 Å². The first-order valence-electron chi connectivity index (χ1n) is 7.87. The summed E-state index contributed by atoms with van der Waals surface area (Å²) in [7, 11) is 1.30. The first kappa shape index (κ1) is 17.7. The number of rotatable bonds is 5. The highest BCUT2D eigenvalue weighted by molar-refractivity contribution is 5.94. The molecule has 1 aromatic heterocycles. The van der Waals surface area contributed by atoms with Crippen molar-refractivity contribution in [3.05, 3.63) is 65.0 Å². The van der Waals surface area contributed by atoms with E-state index in [0.717, 1.165) is 5.56 Å². The number of nitrogens with zero attached hydrogens (tertiary/aromatic N) is 1. The molecule has 5 heteroatoms. The van der Waals surface area contributed by atoms with E-state index in [2.05, 4.69) is 41.0 Å². The van der Waals surface area contributed by atoms with Crippen LogP contribution in [0.3, 0.4) is 0 Å². The average Bonchev–Trinajstić information content (AvgIpc) is 2.61. The number of methoxy groups -OCH3 is 1. The van der Waals surface area contributed by atoms with Gasteiger partial charge in [0.2, 0.25) is 0 Å².